The first-order valence-corrected chi connectivity index (χ1v) is 24.0. The molecule has 2 saturated heterocycles. The predicted molar refractivity (Wildman–Crippen MR) is 263 cm³/mol. The van der Waals surface area contributed by atoms with Gasteiger partial charge in [-0.2, -0.15) is 0 Å². The molecule has 6 aromatic rings. The molecule has 4 aliphatic rings. The SMILES string of the molecule is C.CCc1cc2cc([C@@H](CCN3CCCCC3)c3ccc4c(c3)OCCO4)ccc2[nH]c1=O.CCc1cc2cc([C@H](CCN3CCCCC3)c3ccc4c(c3)OCCO4)ccc2[nH]c1=O. The molecule has 344 valence electrons. The number of ether oxygens (including phenoxy) is 4. The molecule has 10 nitrogen and oxygen atoms in total. The summed E-state index contributed by atoms with van der Waals surface area (Å²) < 4.78 is 23.3. The maximum absolute atomic E-state index is 12.2. The number of rotatable bonds is 12. The number of likely N-dealkylation sites (tertiary alicyclic amines) is 2. The van der Waals surface area contributed by atoms with E-state index in [-0.39, 0.29) is 30.4 Å². The number of hydrogen-bond acceptors (Lipinski definition) is 8. The number of aromatic nitrogens is 2. The minimum atomic E-state index is 0. The van der Waals surface area contributed by atoms with Crippen LogP contribution in [-0.2, 0) is 12.8 Å². The van der Waals surface area contributed by atoms with Crippen LogP contribution in [0.25, 0.3) is 21.8 Å². The Bertz CT molecular complexity index is 2480. The van der Waals surface area contributed by atoms with Crippen molar-refractivity contribution < 1.29 is 18.9 Å². The van der Waals surface area contributed by atoms with Gasteiger partial charge in [0.25, 0.3) is 11.1 Å². The second-order valence-electron chi connectivity index (χ2n) is 17.9. The summed E-state index contributed by atoms with van der Waals surface area (Å²) in [5.41, 5.74) is 8.55. The van der Waals surface area contributed by atoms with Gasteiger partial charge >= 0.3 is 0 Å². The Labute approximate surface area is 384 Å². The zero-order chi connectivity index (χ0) is 43.8. The molecular weight excluding hydrogens is 813 g/mol. The third kappa shape index (κ3) is 10.9. The summed E-state index contributed by atoms with van der Waals surface area (Å²) in [4.78, 5) is 35.7. The largest absolute Gasteiger partial charge is 0.486 e. The van der Waals surface area contributed by atoms with Gasteiger partial charge in [-0.3, -0.25) is 9.59 Å². The van der Waals surface area contributed by atoms with Crippen LogP contribution in [0, 0.1) is 0 Å². The minimum absolute atomic E-state index is 0. The highest BCUT2D eigenvalue weighted by atomic mass is 16.6. The van der Waals surface area contributed by atoms with Crippen LogP contribution in [-0.4, -0.2) is 85.5 Å². The lowest BCUT2D eigenvalue weighted by Gasteiger charge is -2.29. The number of hydrogen-bond donors (Lipinski definition) is 2. The first-order chi connectivity index (χ1) is 31.4. The lowest BCUT2D eigenvalue weighted by Crippen LogP contribution is -2.31. The molecule has 4 aliphatic heterocycles. The molecule has 6 heterocycles. The van der Waals surface area contributed by atoms with Crippen molar-refractivity contribution in [1.82, 2.24) is 19.8 Å². The first kappa shape index (κ1) is 46.0. The van der Waals surface area contributed by atoms with Gasteiger partial charge in [-0.25, -0.2) is 0 Å². The summed E-state index contributed by atoms with van der Waals surface area (Å²) >= 11 is 0. The van der Waals surface area contributed by atoms with E-state index >= 15 is 0 Å². The number of piperidine rings is 2. The zero-order valence-corrected chi connectivity index (χ0v) is 37.7. The Morgan fingerprint density at radius 3 is 1.25 bits per heavy atom. The smallest absolute Gasteiger partial charge is 0.251 e. The fraction of sp³-hybridized carbons (Fsp3) is 0.455. The summed E-state index contributed by atoms with van der Waals surface area (Å²) in [5, 5.41) is 2.19. The predicted octanol–water partition coefficient (Wildman–Crippen LogP) is 10.4. The average molecular weight is 881 g/mol. The first-order valence-electron chi connectivity index (χ1n) is 24.0. The Kier molecular flexibility index (Phi) is 15.3. The van der Waals surface area contributed by atoms with Crippen molar-refractivity contribution in [2.75, 3.05) is 65.7 Å². The van der Waals surface area contributed by atoms with Crippen molar-refractivity contribution in [3.63, 3.8) is 0 Å². The molecule has 65 heavy (non-hydrogen) atoms. The Balaban J connectivity index is 0.000000175. The number of fused-ring (bicyclic) bond motifs is 4. The van der Waals surface area contributed by atoms with E-state index in [0.29, 0.717) is 26.4 Å². The number of aryl methyl sites for hydroxylation is 2. The highest BCUT2D eigenvalue weighted by molar-refractivity contribution is 5.81. The van der Waals surface area contributed by atoms with Crippen LogP contribution in [0.2, 0.25) is 0 Å². The van der Waals surface area contributed by atoms with E-state index in [4.69, 9.17) is 18.9 Å². The normalized spacial score (nSPS) is 17.1. The van der Waals surface area contributed by atoms with Crippen LogP contribution in [0.3, 0.4) is 0 Å². The molecule has 2 fully saturated rings. The van der Waals surface area contributed by atoms with Crippen molar-refractivity contribution in [1.29, 1.82) is 0 Å². The maximum Gasteiger partial charge on any atom is 0.251 e. The summed E-state index contributed by atoms with van der Waals surface area (Å²) in [7, 11) is 0. The van der Waals surface area contributed by atoms with Crippen molar-refractivity contribution >= 4 is 21.8 Å². The van der Waals surface area contributed by atoms with Crippen molar-refractivity contribution in [2.45, 2.75) is 97.3 Å². The molecule has 0 unspecified atom stereocenters. The quantitative estimate of drug-likeness (QED) is 0.125. The fourth-order valence-electron chi connectivity index (χ4n) is 10.1. The van der Waals surface area contributed by atoms with Crippen LogP contribution in [0.5, 0.6) is 23.0 Å². The molecule has 2 atom stereocenters. The van der Waals surface area contributed by atoms with Crippen LogP contribution < -0.4 is 30.1 Å². The lowest BCUT2D eigenvalue weighted by atomic mass is 9.87. The molecule has 2 aromatic heterocycles. The van der Waals surface area contributed by atoms with Gasteiger partial charge < -0.3 is 38.7 Å². The molecular formula is C55H68N4O6. The summed E-state index contributed by atoms with van der Waals surface area (Å²) in [6.07, 6.45) is 11.5. The molecule has 4 aromatic carbocycles. The number of nitrogens with zero attached hydrogens (tertiary/aromatic N) is 2. The monoisotopic (exact) mass is 881 g/mol. The minimum Gasteiger partial charge on any atom is -0.486 e. The van der Waals surface area contributed by atoms with Gasteiger partial charge in [0.1, 0.15) is 26.4 Å². The molecule has 0 amide bonds. The van der Waals surface area contributed by atoms with Gasteiger partial charge in [0.15, 0.2) is 23.0 Å². The van der Waals surface area contributed by atoms with Gasteiger partial charge in [0, 0.05) is 34.0 Å². The Morgan fingerprint density at radius 1 is 0.477 bits per heavy atom. The van der Waals surface area contributed by atoms with Crippen molar-refractivity contribution in [3.8, 4) is 23.0 Å². The molecule has 0 bridgehead atoms. The van der Waals surface area contributed by atoms with Crippen LogP contribution >= 0.6 is 0 Å². The molecule has 0 radical (unpaired) electrons. The van der Waals surface area contributed by atoms with E-state index in [1.807, 2.05) is 38.1 Å². The molecule has 10 rings (SSSR count). The summed E-state index contributed by atoms with van der Waals surface area (Å²) in [5.74, 6) is 3.87. The van der Waals surface area contributed by atoms with Gasteiger partial charge in [0.2, 0.25) is 0 Å². The van der Waals surface area contributed by atoms with Crippen LogP contribution in [0.1, 0.15) is 118 Å². The van der Waals surface area contributed by atoms with Gasteiger partial charge in [0.05, 0.1) is 0 Å². The van der Waals surface area contributed by atoms with E-state index in [9.17, 15) is 9.59 Å². The third-order valence-electron chi connectivity index (χ3n) is 13.8. The summed E-state index contributed by atoms with van der Waals surface area (Å²) in [6, 6.07) is 29.8. The molecule has 0 saturated carbocycles. The number of benzene rings is 4. The van der Waals surface area contributed by atoms with E-state index in [2.05, 4.69) is 80.4 Å². The van der Waals surface area contributed by atoms with E-state index in [0.717, 1.165) is 94.7 Å². The summed E-state index contributed by atoms with van der Waals surface area (Å²) in [6.45, 7) is 13.4. The number of aromatic amines is 2. The molecule has 0 spiro atoms. The molecule has 10 heteroatoms. The molecule has 2 N–H and O–H groups in total. The highest BCUT2D eigenvalue weighted by Crippen LogP contribution is 2.39. The molecule has 0 aliphatic carbocycles. The van der Waals surface area contributed by atoms with E-state index in [1.54, 1.807) is 0 Å². The number of nitrogens with one attached hydrogen (secondary N) is 2. The van der Waals surface area contributed by atoms with Crippen molar-refractivity contribution in [3.05, 3.63) is 139 Å². The van der Waals surface area contributed by atoms with Crippen LogP contribution in [0.4, 0.5) is 0 Å². The van der Waals surface area contributed by atoms with Gasteiger partial charge in [-0.15, -0.1) is 0 Å². The Morgan fingerprint density at radius 2 is 0.846 bits per heavy atom. The second-order valence-corrected chi connectivity index (χ2v) is 17.9. The third-order valence-corrected chi connectivity index (χ3v) is 13.8. The van der Waals surface area contributed by atoms with E-state index < -0.39 is 0 Å². The number of H-pyrrole nitrogens is 2. The second kappa shape index (κ2) is 21.6. The zero-order valence-electron chi connectivity index (χ0n) is 37.7. The maximum atomic E-state index is 12.2. The topological polar surface area (TPSA) is 109 Å². The van der Waals surface area contributed by atoms with Gasteiger partial charge in [-0.1, -0.05) is 58.4 Å². The average Bonchev–Trinajstić information content (AvgIpc) is 3.34. The van der Waals surface area contributed by atoms with Crippen molar-refractivity contribution in [2.24, 2.45) is 0 Å². The lowest BCUT2D eigenvalue weighted by molar-refractivity contribution is 0.171. The van der Waals surface area contributed by atoms with Gasteiger partial charge in [-0.05, 0) is 184 Å². The van der Waals surface area contributed by atoms with E-state index in [1.165, 1.54) is 87.0 Å². The standard InChI is InChI=1S/2C27H32N2O3.CH4/c2*1-2-19-16-22-17-20(6-8-24(22)28-27(19)30)23(10-13-29-11-4-3-5-12-29)21-7-9-25-26(18-21)32-15-14-31-25;/h2*6-9,16-18,23H,2-5,10-15H2,1H3,(H,28,30);1H4/t2*23-;/m10./s1. The fourth-order valence-corrected chi connectivity index (χ4v) is 10.1. The highest BCUT2D eigenvalue weighted by Gasteiger charge is 2.23. The Hall–Kier alpha value is -5.58. The number of pyridine rings is 2. The van der Waals surface area contributed by atoms with Crippen LogP contribution in [0.15, 0.2) is 94.5 Å².